The van der Waals surface area contributed by atoms with E-state index in [9.17, 15) is 13.6 Å². The van der Waals surface area contributed by atoms with Gasteiger partial charge in [0.05, 0.1) is 18.2 Å². The third kappa shape index (κ3) is 2.45. The van der Waals surface area contributed by atoms with E-state index in [1.807, 2.05) is 0 Å². The van der Waals surface area contributed by atoms with E-state index < -0.39 is 11.6 Å². The third-order valence-electron chi connectivity index (χ3n) is 4.90. The lowest BCUT2D eigenvalue weighted by atomic mass is 9.96. The number of hydrogen-bond donors (Lipinski definition) is 2. The van der Waals surface area contributed by atoms with E-state index in [1.54, 1.807) is 0 Å². The molecule has 1 aromatic rings. The van der Waals surface area contributed by atoms with Crippen LogP contribution in [0.3, 0.4) is 0 Å². The van der Waals surface area contributed by atoms with E-state index in [2.05, 4.69) is 10.6 Å². The Morgan fingerprint density at radius 3 is 2.45 bits per heavy atom. The predicted molar refractivity (Wildman–Crippen MR) is 75.5 cm³/mol. The molecule has 3 aliphatic rings. The Bertz CT molecular complexity index is 590. The summed E-state index contributed by atoms with van der Waals surface area (Å²) >= 11 is 0. The van der Waals surface area contributed by atoms with Gasteiger partial charge in [0, 0.05) is 17.5 Å². The first-order valence-electron chi connectivity index (χ1n) is 7.78. The van der Waals surface area contributed by atoms with Crippen molar-refractivity contribution in [1.82, 2.24) is 10.6 Å². The van der Waals surface area contributed by atoms with E-state index >= 15 is 0 Å². The predicted octanol–water partition coefficient (Wildman–Crippen LogP) is 2.44. The first-order valence-corrected chi connectivity index (χ1v) is 7.78. The molecule has 0 aromatic heterocycles. The number of fused-ring (bicyclic) bond motifs is 2. The van der Waals surface area contributed by atoms with E-state index in [1.165, 1.54) is 18.2 Å². The average molecular weight is 308 g/mol. The summed E-state index contributed by atoms with van der Waals surface area (Å²) in [5.74, 6) is -1.37. The Hall–Kier alpha value is -1.69. The molecule has 2 N–H and O–H groups in total. The van der Waals surface area contributed by atoms with E-state index in [0.717, 1.165) is 19.3 Å². The van der Waals surface area contributed by atoms with Gasteiger partial charge in [0.1, 0.15) is 11.6 Å². The van der Waals surface area contributed by atoms with Crippen LogP contribution >= 0.6 is 0 Å². The maximum Gasteiger partial charge on any atom is 0.315 e. The molecule has 22 heavy (non-hydrogen) atoms. The zero-order chi connectivity index (χ0) is 15.3. The molecule has 2 amide bonds. The zero-order valence-electron chi connectivity index (χ0n) is 12.0. The van der Waals surface area contributed by atoms with Crippen molar-refractivity contribution in [1.29, 1.82) is 0 Å². The summed E-state index contributed by atoms with van der Waals surface area (Å²) in [5, 5.41) is 5.72. The highest BCUT2D eigenvalue weighted by Crippen LogP contribution is 2.43. The molecule has 118 valence electrons. The zero-order valence-corrected chi connectivity index (χ0v) is 12.0. The lowest BCUT2D eigenvalue weighted by Gasteiger charge is -2.20. The van der Waals surface area contributed by atoms with Gasteiger partial charge in [0.15, 0.2) is 0 Å². The Balaban J connectivity index is 1.33. The maximum absolute atomic E-state index is 13.7. The second-order valence-corrected chi connectivity index (χ2v) is 6.42. The fraction of sp³-hybridized carbons (Fsp3) is 0.562. The second-order valence-electron chi connectivity index (χ2n) is 6.42. The molecule has 2 bridgehead atoms. The van der Waals surface area contributed by atoms with Crippen molar-refractivity contribution in [2.45, 2.75) is 55.9 Å². The molecule has 2 saturated heterocycles. The highest BCUT2D eigenvalue weighted by Gasteiger charge is 2.44. The van der Waals surface area contributed by atoms with Crippen LogP contribution in [-0.4, -0.2) is 30.3 Å². The van der Waals surface area contributed by atoms with Crippen molar-refractivity contribution in [2.75, 3.05) is 0 Å². The van der Waals surface area contributed by atoms with Crippen LogP contribution in [0.2, 0.25) is 0 Å². The summed E-state index contributed by atoms with van der Waals surface area (Å²) in [6.45, 7) is 0. The molecule has 1 aliphatic carbocycles. The molecule has 1 aromatic carbocycles. The Morgan fingerprint density at radius 2 is 1.82 bits per heavy atom. The lowest BCUT2D eigenvalue weighted by molar-refractivity contribution is 0.0981. The van der Waals surface area contributed by atoms with Crippen molar-refractivity contribution in [2.24, 2.45) is 0 Å². The topological polar surface area (TPSA) is 50.4 Å². The smallest absolute Gasteiger partial charge is 0.315 e. The van der Waals surface area contributed by atoms with Crippen LogP contribution < -0.4 is 10.6 Å². The highest BCUT2D eigenvalue weighted by molar-refractivity contribution is 5.75. The van der Waals surface area contributed by atoms with Gasteiger partial charge in [0.25, 0.3) is 0 Å². The standard InChI is InChI=1S/C16H18F2N2O2/c17-10-2-1-3-11(18)15(10)9-7-12(9)19-16(21)20-13-6-8-4-5-14(13)22-8/h1-3,8-9,12-14H,4-7H2,(H2,19,20,21). The largest absolute Gasteiger partial charge is 0.373 e. The van der Waals surface area contributed by atoms with Gasteiger partial charge >= 0.3 is 6.03 Å². The molecule has 2 aliphatic heterocycles. The number of benzene rings is 1. The van der Waals surface area contributed by atoms with Crippen LogP contribution in [-0.2, 0) is 4.74 Å². The van der Waals surface area contributed by atoms with Crippen LogP contribution in [0.1, 0.15) is 37.2 Å². The van der Waals surface area contributed by atoms with Crippen molar-refractivity contribution in [3.8, 4) is 0 Å². The summed E-state index contributed by atoms with van der Waals surface area (Å²) in [6, 6.07) is 3.43. The van der Waals surface area contributed by atoms with Crippen LogP contribution in [0.5, 0.6) is 0 Å². The van der Waals surface area contributed by atoms with Crippen LogP contribution in [0, 0.1) is 11.6 Å². The summed E-state index contributed by atoms with van der Waals surface area (Å²) in [7, 11) is 0. The van der Waals surface area contributed by atoms with E-state index in [-0.39, 0.29) is 41.8 Å². The Kier molecular flexibility index (Phi) is 3.29. The number of carbonyl (C=O) groups excluding carboxylic acids is 1. The van der Waals surface area contributed by atoms with Gasteiger partial charge in [-0.25, -0.2) is 13.6 Å². The number of urea groups is 1. The van der Waals surface area contributed by atoms with Gasteiger partial charge in [-0.2, -0.15) is 0 Å². The van der Waals surface area contributed by atoms with Gasteiger partial charge in [-0.15, -0.1) is 0 Å². The molecule has 0 spiro atoms. The highest BCUT2D eigenvalue weighted by atomic mass is 19.1. The van der Waals surface area contributed by atoms with Gasteiger partial charge in [-0.05, 0) is 37.8 Å². The van der Waals surface area contributed by atoms with Crippen molar-refractivity contribution < 1.29 is 18.3 Å². The summed E-state index contributed by atoms with van der Waals surface area (Å²) in [5.41, 5.74) is 0.0797. The molecule has 4 rings (SSSR count). The molecular weight excluding hydrogens is 290 g/mol. The Morgan fingerprint density at radius 1 is 1.09 bits per heavy atom. The SMILES string of the molecule is O=C(NC1CC2CCC1O2)NC1CC1c1c(F)cccc1F. The number of halogens is 2. The number of rotatable bonds is 3. The van der Waals surface area contributed by atoms with Crippen LogP contribution in [0.25, 0.3) is 0 Å². The molecule has 6 heteroatoms. The number of nitrogens with one attached hydrogen (secondary N) is 2. The van der Waals surface area contributed by atoms with E-state index in [0.29, 0.717) is 6.42 Å². The van der Waals surface area contributed by atoms with Crippen molar-refractivity contribution in [3.63, 3.8) is 0 Å². The number of amides is 2. The molecule has 1 saturated carbocycles. The van der Waals surface area contributed by atoms with Crippen molar-refractivity contribution in [3.05, 3.63) is 35.4 Å². The van der Waals surface area contributed by atoms with Crippen molar-refractivity contribution >= 4 is 6.03 Å². The second kappa shape index (κ2) is 5.19. The normalized spacial score (nSPS) is 35.5. The summed E-state index contributed by atoms with van der Waals surface area (Å²) in [6.07, 6.45) is 3.88. The van der Waals surface area contributed by atoms with Gasteiger partial charge in [0.2, 0.25) is 0 Å². The molecule has 5 unspecified atom stereocenters. The van der Waals surface area contributed by atoms with Gasteiger partial charge in [-0.3, -0.25) is 0 Å². The summed E-state index contributed by atoms with van der Waals surface area (Å²) in [4.78, 5) is 12.0. The first kappa shape index (κ1) is 13.9. The molecule has 5 atom stereocenters. The van der Waals surface area contributed by atoms with Gasteiger partial charge < -0.3 is 15.4 Å². The Labute approximate surface area is 127 Å². The summed E-state index contributed by atoms with van der Waals surface area (Å²) < 4.78 is 33.1. The first-order chi connectivity index (χ1) is 10.6. The quantitative estimate of drug-likeness (QED) is 0.901. The third-order valence-corrected chi connectivity index (χ3v) is 4.90. The minimum absolute atomic E-state index is 0.0566. The number of carbonyl (C=O) groups is 1. The molecule has 4 nitrogen and oxygen atoms in total. The molecule has 0 radical (unpaired) electrons. The lowest BCUT2D eigenvalue weighted by Crippen LogP contribution is -2.47. The monoisotopic (exact) mass is 308 g/mol. The minimum Gasteiger partial charge on any atom is -0.373 e. The van der Waals surface area contributed by atoms with E-state index in [4.69, 9.17) is 4.74 Å². The van der Waals surface area contributed by atoms with Gasteiger partial charge in [-0.1, -0.05) is 6.07 Å². The minimum atomic E-state index is -0.545. The van der Waals surface area contributed by atoms with Crippen LogP contribution in [0.4, 0.5) is 13.6 Å². The fourth-order valence-corrected chi connectivity index (χ4v) is 3.71. The maximum atomic E-state index is 13.7. The number of ether oxygens (including phenoxy) is 1. The van der Waals surface area contributed by atoms with Crippen LogP contribution in [0.15, 0.2) is 18.2 Å². The fourth-order valence-electron chi connectivity index (χ4n) is 3.71. The molecular formula is C16H18F2N2O2. The molecule has 2 heterocycles. The average Bonchev–Trinajstić information content (AvgIpc) is 2.91. The number of hydrogen-bond acceptors (Lipinski definition) is 2. The molecule has 3 fully saturated rings.